The highest BCUT2D eigenvalue weighted by Gasteiger charge is 2.38. The molecule has 0 spiro atoms. The van der Waals surface area contributed by atoms with Crippen LogP contribution in [0.5, 0.6) is 0 Å². The van der Waals surface area contributed by atoms with Crippen LogP contribution < -0.4 is 0 Å². The molecular weight excluding hydrogens is 353 g/mol. The molecule has 1 aromatic carbocycles. The second-order valence-corrected chi connectivity index (χ2v) is 6.93. The Morgan fingerprint density at radius 1 is 1.16 bits per heavy atom. The van der Waals surface area contributed by atoms with E-state index >= 15 is 0 Å². The van der Waals surface area contributed by atoms with Gasteiger partial charge in [-0.1, -0.05) is 13.8 Å². The van der Waals surface area contributed by atoms with Gasteiger partial charge < -0.3 is 0 Å². The molecule has 19 heavy (non-hydrogen) atoms. The number of ketones is 2. The highest BCUT2D eigenvalue weighted by molar-refractivity contribution is 14.1. The number of aliphatic imine (C=N–C) groups is 1. The molecule has 0 radical (unpaired) electrons. The van der Waals surface area contributed by atoms with E-state index < -0.39 is 5.92 Å². The molecule has 0 amide bonds. The molecule has 3 nitrogen and oxygen atoms in total. The molecule has 0 atom stereocenters. The number of benzene rings is 1. The first-order valence-electron chi connectivity index (χ1n) is 6.23. The van der Waals surface area contributed by atoms with Crippen LogP contribution in [0.3, 0.4) is 0 Å². The first kappa shape index (κ1) is 14.4. The summed E-state index contributed by atoms with van der Waals surface area (Å²) >= 11 is 2.22. The Morgan fingerprint density at radius 3 is 2.21 bits per heavy atom. The molecule has 0 heterocycles. The Kier molecular flexibility index (Phi) is 4.18. The number of hydrogen-bond donors (Lipinski definition) is 0. The molecule has 2 rings (SSSR count). The minimum Gasteiger partial charge on any atom is -0.298 e. The third-order valence-electron chi connectivity index (χ3n) is 3.20. The molecule has 0 aromatic heterocycles. The van der Waals surface area contributed by atoms with Gasteiger partial charge in [0.25, 0.3) is 0 Å². The zero-order chi connectivity index (χ0) is 14.0. The van der Waals surface area contributed by atoms with E-state index in [-0.39, 0.29) is 17.0 Å². The molecule has 1 aromatic rings. The zero-order valence-electron chi connectivity index (χ0n) is 11.0. The Balaban J connectivity index is 2.12. The van der Waals surface area contributed by atoms with Crippen molar-refractivity contribution in [2.24, 2.45) is 16.3 Å². The minimum absolute atomic E-state index is 0.0180. The van der Waals surface area contributed by atoms with Crippen LogP contribution in [-0.2, 0) is 9.59 Å². The monoisotopic (exact) mass is 369 g/mol. The van der Waals surface area contributed by atoms with Crippen molar-refractivity contribution in [3.63, 3.8) is 0 Å². The number of Topliss-reactive ketones (excluding diaryl/α,β-unsaturated/α-hetero) is 2. The summed E-state index contributed by atoms with van der Waals surface area (Å²) in [4.78, 5) is 28.2. The van der Waals surface area contributed by atoms with Gasteiger partial charge in [-0.15, -0.1) is 0 Å². The average Bonchev–Trinajstić information content (AvgIpc) is 2.29. The van der Waals surface area contributed by atoms with Crippen LogP contribution in [0.15, 0.2) is 29.3 Å². The molecule has 0 saturated heterocycles. The molecule has 1 aliphatic rings. The summed E-state index contributed by atoms with van der Waals surface area (Å²) in [7, 11) is 0. The molecule has 0 aliphatic heterocycles. The molecule has 0 unspecified atom stereocenters. The first-order valence-corrected chi connectivity index (χ1v) is 7.30. The summed E-state index contributed by atoms with van der Waals surface area (Å²) in [6, 6.07) is 7.64. The Hall–Kier alpha value is -1.04. The SMILES string of the molecule is CC1(C)CC(=O)C(C=Nc2ccc(I)cc2)C(=O)C1. The summed E-state index contributed by atoms with van der Waals surface area (Å²) in [5.41, 5.74) is 0.562. The molecule has 1 aliphatic carbocycles. The maximum Gasteiger partial charge on any atom is 0.149 e. The number of rotatable bonds is 2. The van der Waals surface area contributed by atoms with Gasteiger partial charge in [0, 0.05) is 22.6 Å². The van der Waals surface area contributed by atoms with Gasteiger partial charge >= 0.3 is 0 Å². The highest BCUT2D eigenvalue weighted by atomic mass is 127. The third kappa shape index (κ3) is 3.72. The van der Waals surface area contributed by atoms with Crippen LogP contribution in [0.1, 0.15) is 26.7 Å². The number of carbonyl (C=O) groups is 2. The molecule has 1 saturated carbocycles. The van der Waals surface area contributed by atoms with Crippen molar-refractivity contribution in [2.75, 3.05) is 0 Å². The van der Waals surface area contributed by atoms with Crippen molar-refractivity contribution in [1.82, 2.24) is 0 Å². The molecular formula is C15H16INO2. The van der Waals surface area contributed by atoms with Crippen LogP contribution in [0.2, 0.25) is 0 Å². The van der Waals surface area contributed by atoms with Crippen molar-refractivity contribution in [3.05, 3.63) is 27.8 Å². The van der Waals surface area contributed by atoms with Gasteiger partial charge in [-0.25, -0.2) is 0 Å². The quantitative estimate of drug-likeness (QED) is 0.455. The van der Waals surface area contributed by atoms with Crippen LogP contribution in [0.4, 0.5) is 5.69 Å². The summed E-state index contributed by atoms with van der Waals surface area (Å²) < 4.78 is 1.13. The van der Waals surface area contributed by atoms with E-state index in [1.54, 1.807) is 0 Å². The van der Waals surface area contributed by atoms with Gasteiger partial charge in [-0.3, -0.25) is 14.6 Å². The normalized spacial score (nSPS) is 20.2. The Bertz CT molecular complexity index is 512. The van der Waals surface area contributed by atoms with Crippen LogP contribution in [0, 0.1) is 14.9 Å². The number of hydrogen-bond acceptors (Lipinski definition) is 3. The van der Waals surface area contributed by atoms with E-state index in [1.165, 1.54) is 6.21 Å². The van der Waals surface area contributed by atoms with Crippen LogP contribution >= 0.6 is 22.6 Å². The van der Waals surface area contributed by atoms with E-state index in [0.717, 1.165) is 9.26 Å². The van der Waals surface area contributed by atoms with Gasteiger partial charge in [0.15, 0.2) is 0 Å². The number of carbonyl (C=O) groups excluding carboxylic acids is 2. The predicted octanol–water partition coefficient (Wildman–Crippen LogP) is 3.57. The average molecular weight is 369 g/mol. The van der Waals surface area contributed by atoms with Gasteiger partial charge in [-0.2, -0.15) is 0 Å². The lowest BCUT2D eigenvalue weighted by atomic mass is 9.72. The topological polar surface area (TPSA) is 46.5 Å². The summed E-state index contributed by atoms with van der Waals surface area (Å²) in [5, 5.41) is 0. The lowest BCUT2D eigenvalue weighted by Crippen LogP contribution is -2.38. The minimum atomic E-state index is -0.660. The van der Waals surface area contributed by atoms with Crippen molar-refractivity contribution in [3.8, 4) is 0 Å². The van der Waals surface area contributed by atoms with Crippen molar-refractivity contribution in [1.29, 1.82) is 0 Å². The van der Waals surface area contributed by atoms with Crippen LogP contribution in [-0.4, -0.2) is 17.8 Å². The van der Waals surface area contributed by atoms with Gasteiger partial charge in [0.1, 0.15) is 17.5 Å². The van der Waals surface area contributed by atoms with Gasteiger partial charge in [0.2, 0.25) is 0 Å². The maximum atomic E-state index is 12.0. The number of nitrogens with zero attached hydrogens (tertiary/aromatic N) is 1. The summed E-state index contributed by atoms with van der Waals surface area (Å²) in [6.07, 6.45) is 2.40. The molecule has 0 bridgehead atoms. The molecule has 1 fully saturated rings. The first-order chi connectivity index (χ1) is 8.87. The summed E-state index contributed by atoms with van der Waals surface area (Å²) in [6.45, 7) is 3.91. The Morgan fingerprint density at radius 2 is 1.68 bits per heavy atom. The van der Waals surface area contributed by atoms with Crippen molar-refractivity contribution < 1.29 is 9.59 Å². The third-order valence-corrected chi connectivity index (χ3v) is 3.92. The molecule has 0 N–H and O–H groups in total. The fraction of sp³-hybridized carbons (Fsp3) is 0.400. The second-order valence-electron chi connectivity index (χ2n) is 5.68. The second kappa shape index (κ2) is 5.53. The van der Waals surface area contributed by atoms with E-state index in [2.05, 4.69) is 27.6 Å². The van der Waals surface area contributed by atoms with Crippen LogP contribution in [0.25, 0.3) is 0 Å². The predicted molar refractivity (Wildman–Crippen MR) is 83.8 cm³/mol. The fourth-order valence-electron chi connectivity index (χ4n) is 2.26. The molecule has 4 heteroatoms. The Labute approximate surface area is 126 Å². The lowest BCUT2D eigenvalue weighted by molar-refractivity contribution is -0.136. The van der Waals surface area contributed by atoms with Gasteiger partial charge in [-0.05, 0) is 52.3 Å². The lowest BCUT2D eigenvalue weighted by Gasteiger charge is -2.30. The van der Waals surface area contributed by atoms with E-state index in [1.807, 2.05) is 38.1 Å². The standard InChI is InChI=1S/C15H16INO2/c1-15(2)7-13(18)12(14(19)8-15)9-17-11-5-3-10(16)4-6-11/h3-6,9,12H,7-8H2,1-2H3. The fourth-order valence-corrected chi connectivity index (χ4v) is 2.62. The number of halogens is 1. The molecule has 100 valence electrons. The van der Waals surface area contributed by atoms with E-state index in [9.17, 15) is 9.59 Å². The van der Waals surface area contributed by atoms with Gasteiger partial charge in [0.05, 0.1) is 5.69 Å². The van der Waals surface area contributed by atoms with E-state index in [0.29, 0.717) is 12.8 Å². The van der Waals surface area contributed by atoms with E-state index in [4.69, 9.17) is 0 Å². The highest BCUT2D eigenvalue weighted by Crippen LogP contribution is 2.33. The van der Waals surface area contributed by atoms with Crippen molar-refractivity contribution >= 4 is 46.1 Å². The summed E-state index contributed by atoms with van der Waals surface area (Å²) in [5.74, 6) is -0.696. The zero-order valence-corrected chi connectivity index (χ0v) is 13.2. The largest absolute Gasteiger partial charge is 0.298 e. The van der Waals surface area contributed by atoms with Crippen molar-refractivity contribution in [2.45, 2.75) is 26.7 Å². The smallest absolute Gasteiger partial charge is 0.149 e. The maximum absolute atomic E-state index is 12.0.